The van der Waals surface area contributed by atoms with Gasteiger partial charge < -0.3 is 15.0 Å². The molecule has 0 aliphatic carbocycles. The van der Waals surface area contributed by atoms with E-state index in [9.17, 15) is 14.0 Å². The molecular weight excluding hydrogens is 397 g/mol. The van der Waals surface area contributed by atoms with Gasteiger partial charge in [0.05, 0.1) is 5.56 Å². The Morgan fingerprint density at radius 2 is 1.84 bits per heavy atom. The molecule has 0 unspecified atom stereocenters. The van der Waals surface area contributed by atoms with Crippen LogP contribution in [0.3, 0.4) is 0 Å². The minimum atomic E-state index is -0.546. The summed E-state index contributed by atoms with van der Waals surface area (Å²) in [6, 6.07) is 15.7. The molecule has 1 fully saturated rings. The van der Waals surface area contributed by atoms with Gasteiger partial charge in [0, 0.05) is 24.6 Å². The Morgan fingerprint density at radius 3 is 2.58 bits per heavy atom. The minimum Gasteiger partial charge on any atom is -0.454 e. The number of carbonyl (C=O) groups excluding carboxylic acids is 2. The monoisotopic (exact) mass is 419 g/mol. The van der Waals surface area contributed by atoms with E-state index in [4.69, 9.17) is 4.74 Å². The van der Waals surface area contributed by atoms with Crippen LogP contribution in [0.25, 0.3) is 0 Å². The number of pyridine rings is 1. The lowest BCUT2D eigenvalue weighted by molar-refractivity contribution is -0.121. The molecule has 1 aliphatic rings. The predicted molar refractivity (Wildman–Crippen MR) is 114 cm³/mol. The number of ether oxygens (including phenoxy) is 1. The van der Waals surface area contributed by atoms with Crippen LogP contribution < -0.4 is 10.1 Å². The van der Waals surface area contributed by atoms with E-state index >= 15 is 0 Å². The van der Waals surface area contributed by atoms with Crippen molar-refractivity contribution in [2.45, 2.75) is 25.3 Å². The number of amides is 2. The average molecular weight is 419 g/mol. The number of benzene rings is 2. The smallest absolute Gasteiger partial charge is 0.256 e. The van der Waals surface area contributed by atoms with Crippen LogP contribution in [0.1, 0.15) is 29.6 Å². The zero-order valence-electron chi connectivity index (χ0n) is 16.8. The number of halogens is 1. The van der Waals surface area contributed by atoms with Gasteiger partial charge in [-0.05, 0) is 67.8 Å². The van der Waals surface area contributed by atoms with Crippen LogP contribution in [-0.4, -0.2) is 34.3 Å². The Hall–Kier alpha value is -3.74. The number of piperidine rings is 1. The maximum Gasteiger partial charge on any atom is 0.256 e. The molecule has 158 valence electrons. The van der Waals surface area contributed by atoms with Gasteiger partial charge in [-0.15, -0.1) is 0 Å². The van der Waals surface area contributed by atoms with E-state index in [0.717, 1.165) is 12.8 Å². The third-order valence-corrected chi connectivity index (χ3v) is 5.16. The van der Waals surface area contributed by atoms with Crippen LogP contribution >= 0.6 is 0 Å². The molecule has 1 atom stereocenters. The van der Waals surface area contributed by atoms with Gasteiger partial charge in [0.15, 0.2) is 11.6 Å². The zero-order valence-corrected chi connectivity index (χ0v) is 16.8. The normalized spacial score (nSPS) is 15.9. The second kappa shape index (κ2) is 9.38. The first-order valence-corrected chi connectivity index (χ1v) is 10.2. The molecule has 0 radical (unpaired) electrons. The summed E-state index contributed by atoms with van der Waals surface area (Å²) in [6.07, 6.45) is 5.46. The highest BCUT2D eigenvalue weighted by atomic mass is 19.1. The summed E-state index contributed by atoms with van der Waals surface area (Å²) < 4.78 is 19.3. The second-order valence-electron chi connectivity index (χ2n) is 7.30. The molecule has 7 heteroatoms. The summed E-state index contributed by atoms with van der Waals surface area (Å²) in [7, 11) is 0. The molecule has 1 N–H and O–H groups in total. The summed E-state index contributed by atoms with van der Waals surface area (Å²) in [5, 5.41) is 2.87. The van der Waals surface area contributed by atoms with Crippen LogP contribution in [0, 0.1) is 5.82 Å². The number of likely N-dealkylation sites (tertiary alicyclic amines) is 1. The van der Waals surface area contributed by atoms with Crippen LogP contribution in [0.5, 0.6) is 11.5 Å². The lowest BCUT2D eigenvalue weighted by atomic mass is 10.00. The fourth-order valence-electron chi connectivity index (χ4n) is 3.59. The first-order valence-electron chi connectivity index (χ1n) is 10.2. The summed E-state index contributed by atoms with van der Waals surface area (Å²) >= 11 is 0. The zero-order chi connectivity index (χ0) is 21.6. The molecule has 31 heavy (non-hydrogen) atoms. The molecule has 1 aromatic heterocycles. The van der Waals surface area contributed by atoms with Crippen LogP contribution in [-0.2, 0) is 4.79 Å². The van der Waals surface area contributed by atoms with Crippen molar-refractivity contribution in [3.63, 3.8) is 0 Å². The van der Waals surface area contributed by atoms with Crippen molar-refractivity contribution in [2.75, 3.05) is 11.9 Å². The molecule has 6 nitrogen and oxygen atoms in total. The topological polar surface area (TPSA) is 71.5 Å². The lowest BCUT2D eigenvalue weighted by Gasteiger charge is -2.34. The maximum absolute atomic E-state index is 13.7. The number of aromatic nitrogens is 1. The van der Waals surface area contributed by atoms with Crippen LogP contribution in [0.15, 0.2) is 73.1 Å². The van der Waals surface area contributed by atoms with Crippen molar-refractivity contribution >= 4 is 17.5 Å². The number of rotatable bonds is 5. The molecule has 0 bridgehead atoms. The highest BCUT2D eigenvalue weighted by molar-refractivity contribution is 6.01. The van der Waals surface area contributed by atoms with E-state index in [2.05, 4.69) is 10.3 Å². The molecule has 4 rings (SSSR count). The van der Waals surface area contributed by atoms with Gasteiger partial charge in [0.2, 0.25) is 5.91 Å². The molecule has 1 saturated heterocycles. The Labute approximate surface area is 179 Å². The van der Waals surface area contributed by atoms with Gasteiger partial charge in [0.1, 0.15) is 11.8 Å². The summed E-state index contributed by atoms with van der Waals surface area (Å²) in [6.45, 7) is 0.529. The second-order valence-corrected chi connectivity index (χ2v) is 7.30. The van der Waals surface area contributed by atoms with Crippen LogP contribution in [0.2, 0.25) is 0 Å². The first kappa shape index (κ1) is 20.5. The van der Waals surface area contributed by atoms with Crippen molar-refractivity contribution in [3.8, 4) is 11.5 Å². The number of hydrogen-bond acceptors (Lipinski definition) is 4. The van der Waals surface area contributed by atoms with Gasteiger partial charge >= 0.3 is 0 Å². The third-order valence-electron chi connectivity index (χ3n) is 5.16. The Morgan fingerprint density at radius 1 is 1.03 bits per heavy atom. The van der Waals surface area contributed by atoms with E-state index in [1.165, 1.54) is 12.3 Å². The molecule has 0 spiro atoms. The molecule has 2 aromatic carbocycles. The fraction of sp³-hybridized carbons (Fsp3) is 0.208. The Balaban J connectivity index is 1.43. The van der Waals surface area contributed by atoms with Crippen molar-refractivity contribution in [1.29, 1.82) is 0 Å². The van der Waals surface area contributed by atoms with Gasteiger partial charge in [-0.2, -0.15) is 0 Å². The highest BCUT2D eigenvalue weighted by Crippen LogP contribution is 2.26. The predicted octanol–water partition coefficient (Wildman–Crippen LogP) is 4.65. The number of hydrogen-bond donors (Lipinski definition) is 1. The number of carbonyl (C=O) groups is 2. The average Bonchev–Trinajstić information content (AvgIpc) is 2.82. The molecule has 2 heterocycles. The molecule has 0 saturated carbocycles. The van der Waals surface area contributed by atoms with Crippen molar-refractivity contribution < 1.29 is 18.7 Å². The van der Waals surface area contributed by atoms with Gasteiger partial charge in [-0.25, -0.2) is 4.39 Å². The summed E-state index contributed by atoms with van der Waals surface area (Å²) in [5.41, 5.74) is 1.04. The van der Waals surface area contributed by atoms with Crippen molar-refractivity contribution in [2.24, 2.45) is 0 Å². The van der Waals surface area contributed by atoms with Gasteiger partial charge in [-0.1, -0.05) is 12.1 Å². The molecule has 3 aromatic rings. The van der Waals surface area contributed by atoms with Crippen molar-refractivity contribution in [1.82, 2.24) is 9.88 Å². The number of anilines is 1. The van der Waals surface area contributed by atoms with E-state index in [-0.39, 0.29) is 17.6 Å². The van der Waals surface area contributed by atoms with Gasteiger partial charge in [0.25, 0.3) is 5.91 Å². The van der Waals surface area contributed by atoms with Gasteiger partial charge in [-0.3, -0.25) is 14.6 Å². The van der Waals surface area contributed by atoms with Crippen LogP contribution in [0.4, 0.5) is 10.1 Å². The summed E-state index contributed by atoms with van der Waals surface area (Å²) in [5.74, 6) is -0.294. The molecular formula is C24H22FN3O3. The van der Waals surface area contributed by atoms with E-state index in [1.807, 2.05) is 0 Å². The number of nitrogens with zero attached hydrogens (tertiary/aromatic N) is 2. The first-order chi connectivity index (χ1) is 15.1. The Bertz CT molecular complexity index is 1060. The minimum absolute atomic E-state index is 0.131. The summed E-state index contributed by atoms with van der Waals surface area (Å²) in [4.78, 5) is 31.4. The van der Waals surface area contributed by atoms with E-state index < -0.39 is 11.9 Å². The fourth-order valence-corrected chi connectivity index (χ4v) is 3.59. The number of nitrogens with one attached hydrogen (secondary N) is 1. The van der Waals surface area contributed by atoms with E-state index in [0.29, 0.717) is 30.0 Å². The standard InChI is InChI=1S/C24H22FN3O3/c25-20-7-1-2-9-22(20)31-19-12-10-18(11-13-19)27-23(29)21-8-3-4-15-28(21)24(30)17-6-5-14-26-16-17/h1-2,5-7,9-14,16,21H,3-4,8,15H2,(H,27,29)/t21-/m0/s1. The SMILES string of the molecule is O=C(Nc1ccc(Oc2ccccc2F)cc1)[C@@H]1CCCCN1C(=O)c1cccnc1. The highest BCUT2D eigenvalue weighted by Gasteiger charge is 2.32. The largest absolute Gasteiger partial charge is 0.454 e. The lowest BCUT2D eigenvalue weighted by Crippen LogP contribution is -2.50. The van der Waals surface area contributed by atoms with E-state index in [1.54, 1.807) is 65.7 Å². The molecule has 1 aliphatic heterocycles. The third kappa shape index (κ3) is 4.88. The quantitative estimate of drug-likeness (QED) is 0.654. The molecule has 2 amide bonds. The Kier molecular flexibility index (Phi) is 6.21. The number of para-hydroxylation sites is 1. The van der Waals surface area contributed by atoms with Crippen molar-refractivity contribution in [3.05, 3.63) is 84.4 Å². The maximum atomic E-state index is 13.7.